The summed E-state index contributed by atoms with van der Waals surface area (Å²) in [6, 6.07) is 3.13. The fraction of sp³-hybridized carbons (Fsp3) is 0.500. The van der Waals surface area contributed by atoms with Crippen LogP contribution in [0.3, 0.4) is 0 Å². The Hall–Kier alpha value is -1.69. The van der Waals surface area contributed by atoms with Gasteiger partial charge in [-0.2, -0.15) is 0 Å². The number of carbonyl (C=O) groups is 1. The molecule has 23 heavy (non-hydrogen) atoms. The Morgan fingerprint density at radius 3 is 2.78 bits per heavy atom. The molecule has 0 heterocycles. The van der Waals surface area contributed by atoms with Crippen molar-refractivity contribution in [2.75, 3.05) is 20.2 Å². The third-order valence-electron chi connectivity index (χ3n) is 3.78. The fourth-order valence-electron chi connectivity index (χ4n) is 1.93. The number of hydrogen-bond donors (Lipinski definition) is 0. The zero-order valence-electron chi connectivity index (χ0n) is 13.3. The van der Waals surface area contributed by atoms with Gasteiger partial charge in [-0.25, -0.2) is 18.6 Å². The minimum atomic E-state index is -2.70. The molecule has 0 bridgehead atoms. The fourth-order valence-corrected chi connectivity index (χ4v) is 2.14. The van der Waals surface area contributed by atoms with Crippen LogP contribution >= 0.6 is 11.6 Å². The summed E-state index contributed by atoms with van der Waals surface area (Å²) in [5, 5.41) is 0.306. The predicted octanol–water partition coefficient (Wildman–Crippen LogP) is 4.07. The standard InChI is InChI=1S/C16H19ClF2N2O2/c1-4-21(3)9-20-14-5-10(2)12(6-13(14)17)15(22)23-8-11-7-16(11,18)19/h5-6,9,11H,4,7-8H2,1-3H3/b20-9+. The summed E-state index contributed by atoms with van der Waals surface area (Å²) in [4.78, 5) is 18.1. The highest BCUT2D eigenvalue weighted by molar-refractivity contribution is 6.33. The quantitative estimate of drug-likeness (QED) is 0.444. The van der Waals surface area contributed by atoms with Crippen LogP contribution in [0.15, 0.2) is 17.1 Å². The van der Waals surface area contributed by atoms with E-state index in [1.807, 2.05) is 18.9 Å². The van der Waals surface area contributed by atoms with Crippen LogP contribution in [0.1, 0.15) is 29.3 Å². The van der Waals surface area contributed by atoms with Gasteiger partial charge in [0.2, 0.25) is 0 Å². The van der Waals surface area contributed by atoms with Crippen molar-refractivity contribution in [3.05, 3.63) is 28.3 Å². The highest BCUT2D eigenvalue weighted by Crippen LogP contribution is 2.48. The molecule has 1 atom stereocenters. The lowest BCUT2D eigenvalue weighted by Gasteiger charge is -2.11. The van der Waals surface area contributed by atoms with Gasteiger partial charge in [0.15, 0.2) is 0 Å². The van der Waals surface area contributed by atoms with E-state index in [1.54, 1.807) is 19.3 Å². The smallest absolute Gasteiger partial charge is 0.338 e. The average Bonchev–Trinajstić information content (AvgIpc) is 3.12. The third-order valence-corrected chi connectivity index (χ3v) is 4.08. The maximum Gasteiger partial charge on any atom is 0.338 e. The molecule has 2 rings (SSSR count). The lowest BCUT2D eigenvalue weighted by molar-refractivity contribution is 0.0367. The summed E-state index contributed by atoms with van der Waals surface area (Å²) >= 11 is 6.13. The molecule has 1 aliphatic rings. The summed E-state index contributed by atoms with van der Waals surface area (Å²) in [5.41, 5.74) is 1.43. The minimum Gasteiger partial charge on any atom is -0.462 e. The van der Waals surface area contributed by atoms with E-state index in [0.29, 0.717) is 16.3 Å². The average molecular weight is 345 g/mol. The molecule has 7 heteroatoms. The molecular weight excluding hydrogens is 326 g/mol. The zero-order chi connectivity index (χ0) is 17.2. The summed E-state index contributed by atoms with van der Waals surface area (Å²) in [5.74, 6) is -4.21. The van der Waals surface area contributed by atoms with Crippen LogP contribution in [0.2, 0.25) is 5.02 Å². The first-order valence-electron chi connectivity index (χ1n) is 7.34. The number of nitrogens with zero attached hydrogens (tertiary/aromatic N) is 2. The van der Waals surface area contributed by atoms with Crippen LogP contribution in [0.5, 0.6) is 0 Å². The molecule has 0 spiro atoms. The van der Waals surface area contributed by atoms with Crippen LogP contribution in [0.25, 0.3) is 0 Å². The van der Waals surface area contributed by atoms with Gasteiger partial charge in [0.1, 0.15) is 6.61 Å². The highest BCUT2D eigenvalue weighted by Gasteiger charge is 2.57. The number of aryl methyl sites for hydroxylation is 1. The van der Waals surface area contributed by atoms with Crippen molar-refractivity contribution in [3.8, 4) is 0 Å². The van der Waals surface area contributed by atoms with Gasteiger partial charge in [-0.1, -0.05) is 11.6 Å². The Bertz CT molecular complexity index is 635. The number of benzene rings is 1. The molecule has 0 aliphatic heterocycles. The van der Waals surface area contributed by atoms with Crippen LogP contribution in [-0.4, -0.2) is 43.3 Å². The highest BCUT2D eigenvalue weighted by atomic mass is 35.5. The van der Waals surface area contributed by atoms with Crippen molar-refractivity contribution in [2.45, 2.75) is 26.2 Å². The van der Waals surface area contributed by atoms with Crippen LogP contribution < -0.4 is 0 Å². The first-order valence-corrected chi connectivity index (χ1v) is 7.72. The molecule has 0 saturated heterocycles. The van der Waals surface area contributed by atoms with Crippen molar-refractivity contribution >= 4 is 29.6 Å². The Kier molecular flexibility index (Phi) is 5.24. The van der Waals surface area contributed by atoms with Gasteiger partial charge in [0.25, 0.3) is 5.92 Å². The van der Waals surface area contributed by atoms with Gasteiger partial charge in [0, 0.05) is 20.0 Å². The number of ether oxygens (including phenoxy) is 1. The molecule has 4 nitrogen and oxygen atoms in total. The molecule has 126 valence electrons. The van der Waals surface area contributed by atoms with E-state index in [4.69, 9.17) is 16.3 Å². The lowest BCUT2D eigenvalue weighted by Crippen LogP contribution is -2.14. The molecule has 0 radical (unpaired) electrons. The van der Waals surface area contributed by atoms with Crippen molar-refractivity contribution < 1.29 is 18.3 Å². The largest absolute Gasteiger partial charge is 0.462 e. The summed E-state index contributed by atoms with van der Waals surface area (Å²) in [6.07, 6.45) is 1.42. The predicted molar refractivity (Wildman–Crippen MR) is 86.0 cm³/mol. The Morgan fingerprint density at radius 2 is 2.22 bits per heavy atom. The van der Waals surface area contributed by atoms with Crippen LogP contribution in [0, 0.1) is 12.8 Å². The van der Waals surface area contributed by atoms with Gasteiger partial charge in [-0.15, -0.1) is 0 Å². The molecule has 1 aromatic rings. The summed E-state index contributed by atoms with van der Waals surface area (Å²) < 4.78 is 30.5. The Labute approximate surface area is 139 Å². The van der Waals surface area contributed by atoms with Crippen molar-refractivity contribution in [1.82, 2.24) is 4.90 Å². The van der Waals surface area contributed by atoms with E-state index in [-0.39, 0.29) is 18.6 Å². The van der Waals surface area contributed by atoms with Gasteiger partial charge < -0.3 is 9.64 Å². The number of alkyl halides is 2. The normalized spacial score (nSPS) is 19.0. The Morgan fingerprint density at radius 1 is 1.57 bits per heavy atom. The van der Waals surface area contributed by atoms with Crippen LogP contribution in [0.4, 0.5) is 14.5 Å². The van der Waals surface area contributed by atoms with E-state index in [1.165, 1.54) is 6.07 Å². The summed E-state index contributed by atoms with van der Waals surface area (Å²) in [6.45, 7) is 4.24. The SMILES string of the molecule is CCN(C)/C=N/c1cc(C)c(C(=O)OCC2CC2(F)F)cc1Cl. The third kappa shape index (κ3) is 4.41. The number of halogens is 3. The second-order valence-electron chi connectivity index (χ2n) is 5.70. The number of carbonyl (C=O) groups excluding carboxylic acids is 1. The van der Waals surface area contributed by atoms with E-state index >= 15 is 0 Å². The van der Waals surface area contributed by atoms with Crippen molar-refractivity contribution in [1.29, 1.82) is 0 Å². The Balaban J connectivity index is 2.06. The van der Waals surface area contributed by atoms with E-state index in [2.05, 4.69) is 4.99 Å². The van der Waals surface area contributed by atoms with E-state index in [0.717, 1.165) is 6.54 Å². The lowest BCUT2D eigenvalue weighted by atomic mass is 10.1. The van der Waals surface area contributed by atoms with E-state index in [9.17, 15) is 13.6 Å². The van der Waals surface area contributed by atoms with Crippen LogP contribution in [-0.2, 0) is 4.74 Å². The van der Waals surface area contributed by atoms with Crippen molar-refractivity contribution in [2.24, 2.45) is 10.9 Å². The van der Waals surface area contributed by atoms with Gasteiger partial charge in [-0.3, -0.25) is 0 Å². The zero-order valence-corrected chi connectivity index (χ0v) is 14.0. The first-order chi connectivity index (χ1) is 10.7. The molecule has 1 aliphatic carbocycles. The van der Waals surface area contributed by atoms with Crippen molar-refractivity contribution in [3.63, 3.8) is 0 Å². The number of rotatable bonds is 6. The molecular formula is C16H19ClF2N2O2. The number of esters is 1. The molecule has 1 unspecified atom stereocenters. The molecule has 0 amide bonds. The number of hydrogen-bond acceptors (Lipinski definition) is 3. The number of aliphatic imine (C=N–C) groups is 1. The van der Waals surface area contributed by atoms with Gasteiger partial charge in [0.05, 0.1) is 28.5 Å². The second-order valence-corrected chi connectivity index (χ2v) is 6.10. The maximum atomic E-state index is 12.8. The van der Waals surface area contributed by atoms with E-state index < -0.39 is 17.8 Å². The monoisotopic (exact) mass is 344 g/mol. The summed E-state index contributed by atoms with van der Waals surface area (Å²) in [7, 11) is 1.88. The topological polar surface area (TPSA) is 41.9 Å². The van der Waals surface area contributed by atoms with Gasteiger partial charge in [-0.05, 0) is 31.5 Å². The molecule has 0 N–H and O–H groups in total. The second kappa shape index (κ2) is 6.83. The molecule has 1 fully saturated rings. The molecule has 1 saturated carbocycles. The molecule has 0 aromatic heterocycles. The van der Waals surface area contributed by atoms with Gasteiger partial charge >= 0.3 is 5.97 Å². The molecule has 1 aromatic carbocycles. The minimum absolute atomic E-state index is 0.224. The maximum absolute atomic E-state index is 12.8. The first kappa shape index (κ1) is 17.7.